The number of hydrogen-bond donors (Lipinski definition) is 2. The number of carbonyl (C=O) groups is 1. The first kappa shape index (κ1) is 16.8. The van der Waals surface area contributed by atoms with Crippen molar-refractivity contribution in [2.45, 2.75) is 83.8 Å². The van der Waals surface area contributed by atoms with E-state index >= 15 is 0 Å². The Labute approximate surface area is 145 Å². The normalized spacial score (nSPS) is 53.6. The van der Waals surface area contributed by atoms with Gasteiger partial charge in [-0.15, -0.1) is 0 Å². The minimum atomic E-state index is -1.11. The molecule has 0 aromatic rings. The highest BCUT2D eigenvalue weighted by Crippen LogP contribution is 2.67. The van der Waals surface area contributed by atoms with Crippen molar-refractivity contribution >= 4 is 5.78 Å². The Kier molecular flexibility index (Phi) is 3.61. The summed E-state index contributed by atoms with van der Waals surface area (Å²) in [6.07, 6.45) is 9.84. The van der Waals surface area contributed by atoms with Crippen molar-refractivity contribution in [2.24, 2.45) is 28.6 Å². The van der Waals surface area contributed by atoms with Gasteiger partial charge in [-0.3, -0.25) is 4.79 Å². The summed E-state index contributed by atoms with van der Waals surface area (Å²) in [5.74, 6) is 1.65. The molecule has 0 aliphatic heterocycles. The summed E-state index contributed by atoms with van der Waals surface area (Å²) in [5.41, 5.74) is 0.331. The molecule has 2 N–H and O–H groups in total. The molecule has 0 aromatic heterocycles. The first-order chi connectivity index (χ1) is 11.2. The highest BCUT2D eigenvalue weighted by atomic mass is 16.3. The molecule has 4 aliphatic rings. The molecule has 3 heteroatoms. The summed E-state index contributed by atoms with van der Waals surface area (Å²) in [7, 11) is 0. The Morgan fingerprint density at radius 2 is 1.83 bits per heavy atom. The predicted molar refractivity (Wildman–Crippen MR) is 93.3 cm³/mol. The number of aliphatic hydroxyl groups is 2. The molecular weight excluding hydrogens is 300 g/mol. The van der Waals surface area contributed by atoms with Crippen molar-refractivity contribution in [3.8, 4) is 0 Å². The van der Waals surface area contributed by atoms with E-state index in [1.807, 2.05) is 0 Å². The zero-order valence-corrected chi connectivity index (χ0v) is 15.3. The van der Waals surface area contributed by atoms with Gasteiger partial charge < -0.3 is 10.2 Å². The van der Waals surface area contributed by atoms with Crippen LogP contribution < -0.4 is 0 Å². The van der Waals surface area contributed by atoms with E-state index in [1.165, 1.54) is 5.57 Å². The van der Waals surface area contributed by atoms with Gasteiger partial charge in [0.15, 0.2) is 5.78 Å². The molecule has 0 saturated heterocycles. The second kappa shape index (κ2) is 5.17. The molecule has 0 bridgehead atoms. The summed E-state index contributed by atoms with van der Waals surface area (Å²) < 4.78 is 0. The van der Waals surface area contributed by atoms with Crippen molar-refractivity contribution in [3.63, 3.8) is 0 Å². The first-order valence-electron chi connectivity index (χ1n) is 9.83. The molecule has 4 rings (SSSR count). The van der Waals surface area contributed by atoms with Gasteiger partial charge in [0.05, 0.1) is 6.10 Å². The molecular formula is C21H32O3. The van der Waals surface area contributed by atoms with Crippen LogP contribution in [0.25, 0.3) is 0 Å². The second-order valence-corrected chi connectivity index (χ2v) is 9.57. The molecule has 0 unspecified atom stereocenters. The number of Topliss-reactive ketones (excluding diaryl/α,β-unsaturated/α-hetero) is 1. The molecule has 3 saturated carbocycles. The van der Waals surface area contributed by atoms with Crippen LogP contribution in [0.1, 0.15) is 72.1 Å². The van der Waals surface area contributed by atoms with E-state index in [0.717, 1.165) is 44.9 Å². The van der Waals surface area contributed by atoms with Gasteiger partial charge in [0, 0.05) is 5.41 Å². The van der Waals surface area contributed by atoms with E-state index in [0.29, 0.717) is 24.2 Å². The van der Waals surface area contributed by atoms with Gasteiger partial charge in [-0.1, -0.05) is 25.5 Å². The molecule has 0 radical (unpaired) electrons. The lowest BCUT2D eigenvalue weighted by Crippen LogP contribution is -2.56. The van der Waals surface area contributed by atoms with E-state index in [4.69, 9.17) is 0 Å². The van der Waals surface area contributed by atoms with Crippen molar-refractivity contribution in [3.05, 3.63) is 11.6 Å². The average Bonchev–Trinajstić information content (AvgIpc) is 2.81. The maximum atomic E-state index is 12.2. The van der Waals surface area contributed by atoms with E-state index in [1.54, 1.807) is 6.92 Å². The Morgan fingerprint density at radius 3 is 2.54 bits per heavy atom. The SMILES string of the molecule is CC(=O)[C@@]1(O)CC[C@@H]2[C@@H]3CC=C4C[C@@H](O)CC[C@]4(C)[C@@H]3CC[C@@]21C. The smallest absolute Gasteiger partial charge is 0.161 e. The largest absolute Gasteiger partial charge is 0.393 e. The summed E-state index contributed by atoms with van der Waals surface area (Å²) >= 11 is 0. The number of hydrogen-bond acceptors (Lipinski definition) is 3. The Bertz CT molecular complexity index is 596. The summed E-state index contributed by atoms with van der Waals surface area (Å²) in [4.78, 5) is 12.2. The number of allylic oxidation sites excluding steroid dienone is 1. The standard InChI is InChI=1S/C21H32O3/c1-13(22)21(24)11-8-18-16-5-4-14-12-15(23)6-9-19(14,2)17(16)7-10-20(18,21)3/h4,15-18,23-24H,5-12H2,1-3H3/t15-,16+,17+,18+,19-,20-,21-/m0/s1. The van der Waals surface area contributed by atoms with E-state index < -0.39 is 5.60 Å². The first-order valence-corrected chi connectivity index (χ1v) is 9.83. The van der Waals surface area contributed by atoms with Crippen LogP contribution in [0, 0.1) is 28.6 Å². The van der Waals surface area contributed by atoms with Gasteiger partial charge in [0.2, 0.25) is 0 Å². The van der Waals surface area contributed by atoms with E-state index in [2.05, 4.69) is 19.9 Å². The maximum absolute atomic E-state index is 12.2. The maximum Gasteiger partial charge on any atom is 0.161 e. The number of carbonyl (C=O) groups excluding carboxylic acids is 1. The van der Waals surface area contributed by atoms with Crippen LogP contribution in [-0.2, 0) is 4.79 Å². The topological polar surface area (TPSA) is 57.5 Å². The van der Waals surface area contributed by atoms with Crippen LogP contribution >= 0.6 is 0 Å². The molecule has 3 fully saturated rings. The molecule has 24 heavy (non-hydrogen) atoms. The van der Waals surface area contributed by atoms with Crippen LogP contribution in [0.5, 0.6) is 0 Å². The number of rotatable bonds is 1. The predicted octanol–water partition coefficient (Wildman–Crippen LogP) is 3.63. The molecule has 3 nitrogen and oxygen atoms in total. The number of fused-ring (bicyclic) bond motifs is 5. The molecule has 0 aromatic carbocycles. The van der Waals surface area contributed by atoms with E-state index in [9.17, 15) is 15.0 Å². The van der Waals surface area contributed by atoms with Crippen LogP contribution in [-0.4, -0.2) is 27.7 Å². The summed E-state index contributed by atoms with van der Waals surface area (Å²) in [6.45, 7) is 6.16. The van der Waals surface area contributed by atoms with Crippen LogP contribution in [0.15, 0.2) is 11.6 Å². The van der Waals surface area contributed by atoms with Crippen LogP contribution in [0.2, 0.25) is 0 Å². The van der Waals surface area contributed by atoms with Gasteiger partial charge >= 0.3 is 0 Å². The number of ketones is 1. The Balaban J connectivity index is 1.69. The lowest BCUT2D eigenvalue weighted by Gasteiger charge is -2.58. The lowest BCUT2D eigenvalue weighted by atomic mass is 9.47. The van der Waals surface area contributed by atoms with Crippen molar-refractivity contribution in [1.82, 2.24) is 0 Å². The van der Waals surface area contributed by atoms with Gasteiger partial charge in [-0.25, -0.2) is 0 Å². The van der Waals surface area contributed by atoms with Crippen LogP contribution in [0.3, 0.4) is 0 Å². The summed E-state index contributed by atoms with van der Waals surface area (Å²) in [6, 6.07) is 0. The average molecular weight is 332 g/mol. The zero-order valence-electron chi connectivity index (χ0n) is 15.3. The fourth-order valence-corrected chi connectivity index (χ4v) is 7.24. The lowest BCUT2D eigenvalue weighted by molar-refractivity contribution is -0.159. The quantitative estimate of drug-likeness (QED) is 0.721. The minimum absolute atomic E-state index is 0.0370. The molecule has 7 atom stereocenters. The highest BCUT2D eigenvalue weighted by molar-refractivity contribution is 5.86. The van der Waals surface area contributed by atoms with Gasteiger partial charge in [0.25, 0.3) is 0 Å². The number of aliphatic hydroxyl groups excluding tert-OH is 1. The van der Waals surface area contributed by atoms with Gasteiger partial charge in [0.1, 0.15) is 5.60 Å². The van der Waals surface area contributed by atoms with Crippen molar-refractivity contribution in [1.29, 1.82) is 0 Å². The molecule has 4 aliphatic carbocycles. The Hall–Kier alpha value is -0.670. The fourth-order valence-electron chi connectivity index (χ4n) is 7.24. The molecule has 0 heterocycles. The molecule has 0 amide bonds. The van der Waals surface area contributed by atoms with E-state index in [-0.39, 0.29) is 22.7 Å². The van der Waals surface area contributed by atoms with Crippen molar-refractivity contribution in [2.75, 3.05) is 0 Å². The molecule has 0 spiro atoms. The fraction of sp³-hybridized carbons (Fsp3) is 0.857. The van der Waals surface area contributed by atoms with Gasteiger partial charge in [-0.2, -0.15) is 0 Å². The van der Waals surface area contributed by atoms with Crippen LogP contribution in [0.4, 0.5) is 0 Å². The third-order valence-electron chi connectivity index (χ3n) is 8.81. The zero-order chi connectivity index (χ0) is 17.3. The minimum Gasteiger partial charge on any atom is -0.393 e. The Morgan fingerprint density at radius 1 is 1.12 bits per heavy atom. The summed E-state index contributed by atoms with van der Waals surface area (Å²) in [5, 5.41) is 21.2. The van der Waals surface area contributed by atoms with Gasteiger partial charge in [-0.05, 0) is 81.5 Å². The highest BCUT2D eigenvalue weighted by Gasteiger charge is 2.65. The van der Waals surface area contributed by atoms with Crippen molar-refractivity contribution < 1.29 is 15.0 Å². The third kappa shape index (κ3) is 1.94. The third-order valence-corrected chi connectivity index (χ3v) is 8.81. The monoisotopic (exact) mass is 332 g/mol. The molecule has 134 valence electrons. The second-order valence-electron chi connectivity index (χ2n) is 9.57.